The average Bonchev–Trinajstić information content (AvgIpc) is 2.36. The predicted molar refractivity (Wildman–Crippen MR) is 82.6 cm³/mol. The smallest absolute Gasteiger partial charge is 0.377 e. The second kappa shape index (κ2) is 12.1. The van der Waals surface area contributed by atoms with Crippen LogP contribution in [0.4, 0.5) is 0 Å². The topological polar surface area (TPSA) is 65.0 Å². The van der Waals surface area contributed by atoms with Gasteiger partial charge < -0.3 is 18.7 Å². The van der Waals surface area contributed by atoms with E-state index in [-0.39, 0.29) is 18.3 Å². The van der Waals surface area contributed by atoms with Crippen LogP contribution in [0.3, 0.4) is 0 Å². The Morgan fingerprint density at radius 1 is 1.20 bits per heavy atom. The summed E-state index contributed by atoms with van der Waals surface area (Å²) in [6, 6.07) is 0. The summed E-state index contributed by atoms with van der Waals surface area (Å²) in [7, 11) is -2.47. The number of aliphatic hydroxyl groups excluding tert-OH is 1. The van der Waals surface area contributed by atoms with Crippen LogP contribution in [-0.2, 0) is 18.4 Å². The normalized spacial score (nSPS) is 12.2. The first kappa shape index (κ1) is 21.6. The van der Waals surface area contributed by atoms with E-state index in [2.05, 4.69) is 6.58 Å². The summed E-state index contributed by atoms with van der Waals surface area (Å²) < 4.78 is 16.8. The van der Waals surface area contributed by atoms with Crippen molar-refractivity contribution in [3.8, 4) is 0 Å². The minimum atomic E-state index is -2.47. The summed E-state index contributed by atoms with van der Waals surface area (Å²) in [6.07, 6.45) is 0.682. The zero-order valence-electron chi connectivity index (χ0n) is 13.7. The van der Waals surface area contributed by atoms with Crippen molar-refractivity contribution < 1.29 is 23.5 Å². The second-order valence-corrected chi connectivity index (χ2v) is 7.53. The summed E-state index contributed by atoms with van der Waals surface area (Å²) in [5.74, 6) is -0.380. The first-order valence-electron chi connectivity index (χ1n) is 7.07. The zero-order chi connectivity index (χ0) is 16.2. The summed E-state index contributed by atoms with van der Waals surface area (Å²) in [5, 5.41) is 7.57. The minimum absolute atomic E-state index is 0.250. The molecule has 0 spiro atoms. The van der Waals surface area contributed by atoms with Crippen molar-refractivity contribution in [1.82, 2.24) is 0 Å². The van der Waals surface area contributed by atoms with Gasteiger partial charge in [-0.05, 0) is 40.7 Å². The second-order valence-electron chi connectivity index (χ2n) is 4.28. The van der Waals surface area contributed by atoms with Gasteiger partial charge in [0.05, 0.1) is 0 Å². The maximum absolute atomic E-state index is 11.6. The van der Waals surface area contributed by atoms with Gasteiger partial charge in [0.1, 0.15) is 5.73 Å². The van der Waals surface area contributed by atoms with Gasteiger partial charge in [0.25, 0.3) is 0 Å². The number of aliphatic hydroxyl groups is 1. The van der Waals surface area contributed by atoms with E-state index in [0.717, 1.165) is 0 Å². The molecule has 0 fully saturated rings. The molecule has 5 nitrogen and oxygen atoms in total. The summed E-state index contributed by atoms with van der Waals surface area (Å²) in [4.78, 5) is 11.6. The maximum atomic E-state index is 11.6. The molecule has 0 aromatic heterocycles. The number of esters is 1. The lowest BCUT2D eigenvalue weighted by molar-refractivity contribution is -0.142. The van der Waals surface area contributed by atoms with Crippen LogP contribution in [0.5, 0.6) is 0 Å². The van der Waals surface area contributed by atoms with Crippen LogP contribution in [0.2, 0.25) is 6.55 Å². The predicted octanol–water partition coefficient (Wildman–Crippen LogP) is 2.57. The van der Waals surface area contributed by atoms with E-state index in [1.54, 1.807) is 13.8 Å². The van der Waals surface area contributed by atoms with Gasteiger partial charge in [0.2, 0.25) is 0 Å². The quantitative estimate of drug-likeness (QED) is 0.424. The van der Waals surface area contributed by atoms with E-state index in [1.807, 2.05) is 27.3 Å². The highest BCUT2D eigenvalue weighted by molar-refractivity contribution is 6.67. The maximum Gasteiger partial charge on any atom is 0.377 e. The summed E-state index contributed by atoms with van der Waals surface area (Å²) in [5.41, 5.74) is 0.0967. The Labute approximate surface area is 124 Å². The molecule has 0 heterocycles. The molecule has 120 valence electrons. The first-order chi connectivity index (χ1) is 9.32. The average molecular weight is 306 g/mol. The molecule has 0 aliphatic rings. The molecule has 0 amide bonds. The molecule has 0 aromatic rings. The van der Waals surface area contributed by atoms with E-state index in [1.165, 1.54) is 0 Å². The zero-order valence-corrected chi connectivity index (χ0v) is 14.7. The fraction of sp³-hybridized carbons (Fsp3) is 0.786. The summed E-state index contributed by atoms with van der Waals surface area (Å²) >= 11 is 0. The van der Waals surface area contributed by atoms with Crippen molar-refractivity contribution in [3.05, 3.63) is 12.2 Å². The standard InChI is InChI=1S/C12H24O4Si.C2H6O/c1-7-11(16-12(13)10(4)5)17(6,14-8-2)15-9-3;1-2-3/h11H,4,7-9H2,1-3,5-6H3;3H,2H2,1H3. The van der Waals surface area contributed by atoms with E-state index < -0.39 is 8.56 Å². The van der Waals surface area contributed by atoms with Crippen LogP contribution >= 0.6 is 0 Å². The van der Waals surface area contributed by atoms with Gasteiger partial charge in [0.15, 0.2) is 0 Å². The molecule has 0 saturated heterocycles. The number of hydrogen-bond acceptors (Lipinski definition) is 5. The van der Waals surface area contributed by atoms with Crippen LogP contribution in [0.15, 0.2) is 12.2 Å². The lowest BCUT2D eigenvalue weighted by atomic mass is 10.4. The molecule has 0 aromatic carbocycles. The fourth-order valence-electron chi connectivity index (χ4n) is 1.59. The van der Waals surface area contributed by atoms with Gasteiger partial charge in [-0.3, -0.25) is 0 Å². The van der Waals surface area contributed by atoms with E-state index >= 15 is 0 Å². The number of carbonyl (C=O) groups is 1. The van der Waals surface area contributed by atoms with E-state index in [4.69, 9.17) is 18.7 Å². The molecule has 0 rings (SSSR count). The molecule has 0 saturated carbocycles. The van der Waals surface area contributed by atoms with Gasteiger partial charge in [-0.2, -0.15) is 0 Å². The van der Waals surface area contributed by atoms with Crippen molar-refractivity contribution in [2.24, 2.45) is 0 Å². The Balaban J connectivity index is 0. The van der Waals surface area contributed by atoms with E-state index in [9.17, 15) is 4.79 Å². The molecule has 1 N–H and O–H groups in total. The molecule has 0 radical (unpaired) electrons. The highest BCUT2D eigenvalue weighted by Crippen LogP contribution is 2.19. The number of hydrogen-bond donors (Lipinski definition) is 1. The van der Waals surface area contributed by atoms with Crippen LogP contribution in [-0.4, -0.2) is 45.2 Å². The van der Waals surface area contributed by atoms with Crippen LogP contribution in [0, 0.1) is 0 Å². The first-order valence-corrected chi connectivity index (χ1v) is 9.47. The van der Waals surface area contributed by atoms with Crippen molar-refractivity contribution in [3.63, 3.8) is 0 Å². The minimum Gasteiger partial charge on any atom is -0.457 e. The molecule has 0 aliphatic carbocycles. The lowest BCUT2D eigenvalue weighted by Crippen LogP contribution is -2.52. The van der Waals surface area contributed by atoms with Crippen LogP contribution in [0.25, 0.3) is 0 Å². The Hall–Kier alpha value is -0.693. The molecule has 1 atom stereocenters. The van der Waals surface area contributed by atoms with Crippen molar-refractivity contribution >= 4 is 14.5 Å². The molecule has 0 bridgehead atoms. The lowest BCUT2D eigenvalue weighted by Gasteiger charge is -2.32. The molecular formula is C14H30O5Si. The fourth-order valence-corrected chi connectivity index (χ4v) is 4.26. The van der Waals surface area contributed by atoms with Crippen molar-refractivity contribution in [1.29, 1.82) is 0 Å². The van der Waals surface area contributed by atoms with Gasteiger partial charge in [-0.1, -0.05) is 13.5 Å². The summed E-state index contributed by atoms with van der Waals surface area (Å²) in [6.45, 7) is 16.0. The Morgan fingerprint density at radius 2 is 1.60 bits per heavy atom. The van der Waals surface area contributed by atoms with Gasteiger partial charge in [-0.15, -0.1) is 0 Å². The highest BCUT2D eigenvalue weighted by atomic mass is 28.4. The third-order valence-electron chi connectivity index (χ3n) is 2.42. The Morgan fingerprint density at radius 3 is 1.85 bits per heavy atom. The number of carbonyl (C=O) groups excluding carboxylic acids is 1. The number of ether oxygens (including phenoxy) is 1. The van der Waals surface area contributed by atoms with Gasteiger partial charge >= 0.3 is 14.5 Å². The molecule has 6 heteroatoms. The molecule has 20 heavy (non-hydrogen) atoms. The van der Waals surface area contributed by atoms with Crippen LogP contribution in [0.1, 0.15) is 41.0 Å². The molecule has 1 unspecified atom stereocenters. The SMILES string of the molecule is C=C(C)C(=O)OC(CC)[Si](C)(OCC)OCC.CCO. The highest BCUT2D eigenvalue weighted by Gasteiger charge is 2.42. The van der Waals surface area contributed by atoms with Crippen molar-refractivity contribution in [2.45, 2.75) is 53.3 Å². The Kier molecular flexibility index (Phi) is 13.0. The van der Waals surface area contributed by atoms with Gasteiger partial charge in [0, 0.05) is 25.4 Å². The number of rotatable bonds is 8. The van der Waals surface area contributed by atoms with Crippen molar-refractivity contribution in [2.75, 3.05) is 19.8 Å². The Bertz CT molecular complexity index is 275. The van der Waals surface area contributed by atoms with Gasteiger partial charge in [-0.25, -0.2) is 4.79 Å². The molecular weight excluding hydrogens is 276 g/mol. The largest absolute Gasteiger partial charge is 0.457 e. The van der Waals surface area contributed by atoms with E-state index in [0.29, 0.717) is 25.2 Å². The monoisotopic (exact) mass is 306 g/mol. The third kappa shape index (κ3) is 8.47. The molecule has 0 aliphatic heterocycles. The third-order valence-corrected chi connectivity index (χ3v) is 5.83. The van der Waals surface area contributed by atoms with Crippen LogP contribution < -0.4 is 0 Å².